The summed E-state index contributed by atoms with van der Waals surface area (Å²) < 4.78 is 41.6. The highest BCUT2D eigenvalue weighted by molar-refractivity contribution is 7.80. The topological polar surface area (TPSA) is 62.2 Å². The number of thiazole rings is 1. The molecule has 1 heterocycles. The van der Waals surface area contributed by atoms with Gasteiger partial charge in [-0.15, -0.1) is 11.3 Å². The molecule has 9 heteroatoms. The first kappa shape index (κ1) is 20.2. The van der Waals surface area contributed by atoms with E-state index < -0.39 is 23.4 Å². The Labute approximate surface area is 168 Å². The summed E-state index contributed by atoms with van der Waals surface area (Å²) in [6.07, 6.45) is 0.713. The summed E-state index contributed by atoms with van der Waals surface area (Å²) >= 11 is 6.16. The molecule has 146 valence electrons. The van der Waals surface area contributed by atoms with Crippen molar-refractivity contribution in [3.8, 4) is 0 Å². The van der Waals surface area contributed by atoms with E-state index in [4.69, 9.17) is 17.3 Å². The summed E-state index contributed by atoms with van der Waals surface area (Å²) in [6, 6.07) is 9.89. The molecule has 0 fully saturated rings. The van der Waals surface area contributed by atoms with Crippen LogP contribution in [-0.2, 0) is 11.2 Å². The predicted octanol–water partition coefficient (Wildman–Crippen LogP) is 4.43. The lowest BCUT2D eigenvalue weighted by Crippen LogP contribution is -2.29. The normalized spacial score (nSPS) is 12.1. The molecule has 0 spiro atoms. The lowest BCUT2D eigenvalue weighted by Gasteiger charge is -2.16. The molecule has 0 saturated carbocycles. The number of fused-ring (bicyclic) bond motifs is 1. The van der Waals surface area contributed by atoms with Gasteiger partial charge in [0.25, 0.3) is 0 Å². The standard InChI is InChI=1S/C19H15F3N2O2S2/c20-12-8-13(21)18-17(16(12)22)24-19(28-18)11(6-10-4-2-1-3-5-10)7-14(27)23-9-15(25)26/h1-5,8,11H,6-7,9H2,(H,23,27)(H,25,26). The molecule has 3 rings (SSSR count). The molecular weight excluding hydrogens is 409 g/mol. The second-order valence-electron chi connectivity index (χ2n) is 6.15. The maximum atomic E-state index is 14.1. The van der Waals surface area contributed by atoms with Crippen LogP contribution in [0, 0.1) is 17.5 Å². The molecule has 0 aliphatic carbocycles. The molecule has 0 aliphatic rings. The highest BCUT2D eigenvalue weighted by atomic mass is 32.1. The number of aromatic nitrogens is 1. The van der Waals surface area contributed by atoms with Crippen LogP contribution in [-0.4, -0.2) is 27.6 Å². The van der Waals surface area contributed by atoms with Crippen LogP contribution in [0.4, 0.5) is 13.2 Å². The van der Waals surface area contributed by atoms with Crippen molar-refractivity contribution in [2.45, 2.75) is 18.8 Å². The van der Waals surface area contributed by atoms with Gasteiger partial charge in [0.15, 0.2) is 11.6 Å². The molecular formula is C19H15F3N2O2S2. The number of carboxylic acids is 1. The minimum absolute atomic E-state index is 0.0589. The number of hydrogen-bond donors (Lipinski definition) is 2. The molecule has 1 unspecified atom stereocenters. The van der Waals surface area contributed by atoms with Gasteiger partial charge in [0.2, 0.25) is 0 Å². The number of halogens is 3. The number of carboxylic acid groups (broad SMARTS) is 1. The number of aliphatic carboxylic acids is 1. The van der Waals surface area contributed by atoms with Crippen LogP contribution in [0.5, 0.6) is 0 Å². The van der Waals surface area contributed by atoms with Gasteiger partial charge < -0.3 is 10.4 Å². The molecule has 0 bridgehead atoms. The maximum Gasteiger partial charge on any atom is 0.322 e. The number of nitrogens with one attached hydrogen (secondary N) is 1. The Kier molecular flexibility index (Phi) is 6.25. The highest BCUT2D eigenvalue weighted by Gasteiger charge is 2.23. The van der Waals surface area contributed by atoms with E-state index in [0.717, 1.165) is 16.9 Å². The van der Waals surface area contributed by atoms with Gasteiger partial charge in [-0.05, 0) is 12.0 Å². The van der Waals surface area contributed by atoms with E-state index in [1.807, 2.05) is 30.3 Å². The fourth-order valence-corrected chi connectivity index (χ4v) is 4.13. The molecule has 0 aliphatic heterocycles. The highest BCUT2D eigenvalue weighted by Crippen LogP contribution is 2.35. The van der Waals surface area contributed by atoms with Crippen molar-refractivity contribution in [2.24, 2.45) is 0 Å². The van der Waals surface area contributed by atoms with E-state index in [1.165, 1.54) is 0 Å². The fourth-order valence-electron chi connectivity index (χ4n) is 2.79. The monoisotopic (exact) mass is 424 g/mol. The maximum absolute atomic E-state index is 14.1. The molecule has 28 heavy (non-hydrogen) atoms. The molecule has 0 radical (unpaired) electrons. The van der Waals surface area contributed by atoms with Crippen molar-refractivity contribution in [1.82, 2.24) is 10.3 Å². The minimum Gasteiger partial charge on any atom is -0.480 e. The summed E-state index contributed by atoms with van der Waals surface area (Å²) in [5.74, 6) is -4.76. The zero-order chi connectivity index (χ0) is 20.3. The van der Waals surface area contributed by atoms with Gasteiger partial charge in [-0.1, -0.05) is 42.5 Å². The Hall–Kier alpha value is -2.52. The molecule has 2 N–H and O–H groups in total. The van der Waals surface area contributed by atoms with Gasteiger partial charge in [0.05, 0.1) is 14.7 Å². The Morgan fingerprint density at radius 2 is 1.93 bits per heavy atom. The number of carbonyl (C=O) groups is 1. The molecule has 4 nitrogen and oxygen atoms in total. The van der Waals surface area contributed by atoms with E-state index in [9.17, 15) is 18.0 Å². The number of hydrogen-bond acceptors (Lipinski definition) is 4. The van der Waals surface area contributed by atoms with Gasteiger partial charge >= 0.3 is 5.97 Å². The second-order valence-corrected chi connectivity index (χ2v) is 7.67. The van der Waals surface area contributed by atoms with E-state index >= 15 is 0 Å². The van der Waals surface area contributed by atoms with Crippen LogP contribution in [0.1, 0.15) is 22.9 Å². The number of benzene rings is 2. The Bertz CT molecular complexity index is 1020. The Morgan fingerprint density at radius 3 is 2.61 bits per heavy atom. The van der Waals surface area contributed by atoms with Crippen molar-refractivity contribution >= 4 is 44.7 Å². The van der Waals surface area contributed by atoms with Crippen LogP contribution >= 0.6 is 23.6 Å². The van der Waals surface area contributed by atoms with Gasteiger partial charge in [0.1, 0.15) is 17.9 Å². The molecule has 3 aromatic rings. The number of rotatable bonds is 7. The quantitative estimate of drug-likeness (QED) is 0.434. The van der Waals surface area contributed by atoms with E-state index in [0.29, 0.717) is 22.5 Å². The summed E-state index contributed by atoms with van der Waals surface area (Å²) in [7, 11) is 0. The average molecular weight is 424 g/mol. The van der Waals surface area contributed by atoms with E-state index in [-0.39, 0.29) is 29.1 Å². The fraction of sp³-hybridized carbons (Fsp3) is 0.211. The summed E-state index contributed by atoms with van der Waals surface area (Å²) in [6.45, 7) is -0.328. The van der Waals surface area contributed by atoms with Crippen LogP contribution < -0.4 is 5.32 Å². The lowest BCUT2D eigenvalue weighted by atomic mass is 9.96. The largest absolute Gasteiger partial charge is 0.480 e. The molecule has 1 aromatic heterocycles. The molecule has 0 amide bonds. The Morgan fingerprint density at radius 1 is 1.21 bits per heavy atom. The van der Waals surface area contributed by atoms with Crippen molar-refractivity contribution < 1.29 is 23.1 Å². The zero-order valence-corrected chi connectivity index (χ0v) is 16.0. The van der Waals surface area contributed by atoms with Gasteiger partial charge in [0, 0.05) is 18.4 Å². The first-order chi connectivity index (χ1) is 13.3. The summed E-state index contributed by atoms with van der Waals surface area (Å²) in [5.41, 5.74) is 0.611. The van der Waals surface area contributed by atoms with E-state index in [1.54, 1.807) is 0 Å². The number of thiocarbonyl (C=S) groups is 1. The number of nitrogens with zero attached hydrogens (tertiary/aromatic N) is 1. The first-order valence-electron chi connectivity index (χ1n) is 8.31. The molecule has 2 aromatic carbocycles. The van der Waals surface area contributed by atoms with Crippen molar-refractivity contribution in [2.75, 3.05) is 6.54 Å². The van der Waals surface area contributed by atoms with Crippen LogP contribution in [0.2, 0.25) is 0 Å². The summed E-state index contributed by atoms with van der Waals surface area (Å²) in [5, 5.41) is 11.8. The van der Waals surface area contributed by atoms with Crippen LogP contribution in [0.15, 0.2) is 36.4 Å². The predicted molar refractivity (Wildman–Crippen MR) is 105 cm³/mol. The molecule has 1 atom stereocenters. The van der Waals surface area contributed by atoms with Crippen LogP contribution in [0.3, 0.4) is 0 Å². The van der Waals surface area contributed by atoms with Crippen molar-refractivity contribution in [3.05, 3.63) is 64.4 Å². The third-order valence-electron chi connectivity index (χ3n) is 4.07. The summed E-state index contributed by atoms with van der Waals surface area (Å²) in [4.78, 5) is 15.2. The third-order valence-corrected chi connectivity index (χ3v) is 5.61. The van der Waals surface area contributed by atoms with Crippen molar-refractivity contribution in [3.63, 3.8) is 0 Å². The van der Waals surface area contributed by atoms with Gasteiger partial charge in [-0.3, -0.25) is 4.79 Å². The zero-order valence-electron chi connectivity index (χ0n) is 14.4. The van der Waals surface area contributed by atoms with Crippen molar-refractivity contribution in [1.29, 1.82) is 0 Å². The van der Waals surface area contributed by atoms with Gasteiger partial charge in [-0.2, -0.15) is 0 Å². The smallest absolute Gasteiger partial charge is 0.322 e. The molecule has 0 saturated heterocycles. The third kappa shape index (κ3) is 4.66. The average Bonchev–Trinajstić information content (AvgIpc) is 3.11. The second kappa shape index (κ2) is 8.66. The van der Waals surface area contributed by atoms with Crippen LogP contribution in [0.25, 0.3) is 10.2 Å². The van der Waals surface area contributed by atoms with E-state index in [2.05, 4.69) is 10.3 Å². The first-order valence-corrected chi connectivity index (χ1v) is 9.54. The Balaban J connectivity index is 1.94. The SMILES string of the molecule is O=C(O)CNC(=S)CC(Cc1ccccc1)c1nc2c(F)c(F)cc(F)c2s1. The van der Waals surface area contributed by atoms with Gasteiger partial charge in [-0.25, -0.2) is 18.2 Å². The minimum atomic E-state index is -1.29. The lowest BCUT2D eigenvalue weighted by molar-refractivity contribution is -0.135.